The predicted octanol–water partition coefficient (Wildman–Crippen LogP) is -0.360. The van der Waals surface area contributed by atoms with Gasteiger partial charge in [0.25, 0.3) is 0 Å². The van der Waals surface area contributed by atoms with Crippen LogP contribution in [0.25, 0.3) is 0 Å². The molecule has 0 saturated heterocycles. The highest BCUT2D eigenvalue weighted by atomic mass is 16.7. The summed E-state index contributed by atoms with van der Waals surface area (Å²) in [5, 5.41) is 28.5. The zero-order valence-electron chi connectivity index (χ0n) is 8.37. The number of aliphatic hydroxyl groups is 1. The molecule has 1 rings (SSSR count). The van der Waals surface area contributed by atoms with Crippen molar-refractivity contribution in [2.75, 3.05) is 0 Å². The highest BCUT2D eigenvalue weighted by Gasteiger charge is 2.37. The predicted molar refractivity (Wildman–Crippen MR) is 54.0 cm³/mol. The summed E-state index contributed by atoms with van der Waals surface area (Å²) in [6.45, 7) is 0. The molecule has 1 aliphatic rings. The van der Waals surface area contributed by atoms with E-state index in [9.17, 15) is 20.0 Å². The first-order valence-corrected chi connectivity index (χ1v) is 4.59. The van der Waals surface area contributed by atoms with E-state index < -0.39 is 22.7 Å². The van der Waals surface area contributed by atoms with Gasteiger partial charge in [-0.1, -0.05) is 12.2 Å². The molecule has 0 radical (unpaired) electrons. The van der Waals surface area contributed by atoms with Gasteiger partial charge in [0.15, 0.2) is 0 Å². The smallest absolute Gasteiger partial charge is 0.345 e. The fourth-order valence-corrected chi connectivity index (χ4v) is 1.29. The molecule has 0 spiro atoms. The van der Waals surface area contributed by atoms with E-state index in [1.165, 1.54) is 12.2 Å². The summed E-state index contributed by atoms with van der Waals surface area (Å²) in [6.07, 6.45) is 3.69. The molecule has 2 atom stereocenters. The molecule has 16 heavy (non-hydrogen) atoms. The number of allylic oxidation sites excluding steroid dienone is 1. The van der Waals surface area contributed by atoms with Gasteiger partial charge in [0.1, 0.15) is 6.04 Å². The van der Waals surface area contributed by atoms with Crippen LogP contribution in [0.2, 0.25) is 0 Å². The number of nitro groups is 1. The minimum Gasteiger partial charge on any atom is -0.480 e. The lowest BCUT2D eigenvalue weighted by atomic mass is 9.96. The number of nitrogens with zero attached hydrogens (tertiary/aromatic N) is 1. The van der Waals surface area contributed by atoms with E-state index >= 15 is 0 Å². The second kappa shape index (κ2) is 4.42. The minimum atomic E-state index is -2.09. The summed E-state index contributed by atoms with van der Waals surface area (Å²) in [5.41, 5.74) is 3.79. The van der Waals surface area contributed by atoms with Gasteiger partial charge >= 0.3 is 11.7 Å². The minimum absolute atomic E-state index is 0.0830. The summed E-state index contributed by atoms with van der Waals surface area (Å²) in [4.78, 5) is 20.1. The summed E-state index contributed by atoms with van der Waals surface area (Å²) in [5.74, 6) is -1.13. The van der Waals surface area contributed by atoms with Crippen LogP contribution in [0.3, 0.4) is 0 Å². The van der Waals surface area contributed by atoms with Crippen molar-refractivity contribution < 1.29 is 19.9 Å². The maximum Gasteiger partial charge on any atom is 0.345 e. The van der Waals surface area contributed by atoms with Gasteiger partial charge in [-0.15, -0.1) is 0 Å². The standard InChI is InChI=1S/C9H12N2O5/c10-7(8(12)13)5-6-1-3-9(14,4-2-6)11(15)16/h1-3,7,14H,4-5,10H2,(H,12,13)/t7-,9?/m0/s1. The number of aliphatic carboxylic acids is 1. The van der Waals surface area contributed by atoms with Gasteiger partial charge in [0.2, 0.25) is 0 Å². The van der Waals surface area contributed by atoms with Crippen LogP contribution < -0.4 is 5.73 Å². The third-order valence-corrected chi connectivity index (χ3v) is 2.32. The van der Waals surface area contributed by atoms with Gasteiger partial charge in [-0.05, 0) is 12.0 Å². The highest BCUT2D eigenvalue weighted by molar-refractivity contribution is 5.73. The molecule has 0 bridgehead atoms. The fraction of sp³-hybridized carbons (Fsp3) is 0.444. The Kier molecular flexibility index (Phi) is 3.41. The van der Waals surface area contributed by atoms with E-state index in [-0.39, 0.29) is 12.8 Å². The lowest BCUT2D eigenvalue weighted by Crippen LogP contribution is -2.37. The highest BCUT2D eigenvalue weighted by Crippen LogP contribution is 2.23. The van der Waals surface area contributed by atoms with E-state index in [1.807, 2.05) is 0 Å². The van der Waals surface area contributed by atoms with Crippen LogP contribution in [0.15, 0.2) is 23.8 Å². The summed E-state index contributed by atoms with van der Waals surface area (Å²) in [7, 11) is 0. The molecule has 0 heterocycles. The van der Waals surface area contributed by atoms with Crippen molar-refractivity contribution in [3.8, 4) is 0 Å². The average molecular weight is 228 g/mol. The summed E-state index contributed by atoms with van der Waals surface area (Å²) < 4.78 is 0. The van der Waals surface area contributed by atoms with Crippen molar-refractivity contribution in [1.29, 1.82) is 0 Å². The van der Waals surface area contributed by atoms with Crippen molar-refractivity contribution in [2.24, 2.45) is 5.73 Å². The van der Waals surface area contributed by atoms with Crippen LogP contribution in [-0.2, 0) is 4.79 Å². The third-order valence-electron chi connectivity index (χ3n) is 2.32. The molecule has 0 aromatic rings. The molecule has 1 unspecified atom stereocenters. The van der Waals surface area contributed by atoms with E-state index in [1.54, 1.807) is 0 Å². The Morgan fingerprint density at radius 1 is 1.75 bits per heavy atom. The van der Waals surface area contributed by atoms with Crippen LogP contribution in [0.5, 0.6) is 0 Å². The normalized spacial score (nSPS) is 26.0. The Bertz CT molecular complexity index is 376. The van der Waals surface area contributed by atoms with Gasteiger partial charge in [-0.2, -0.15) is 0 Å². The molecule has 0 amide bonds. The molecule has 7 nitrogen and oxygen atoms in total. The largest absolute Gasteiger partial charge is 0.480 e. The molecule has 0 aromatic heterocycles. The topological polar surface area (TPSA) is 127 Å². The Balaban J connectivity index is 2.65. The summed E-state index contributed by atoms with van der Waals surface area (Å²) in [6, 6.07) is -1.04. The first kappa shape index (κ1) is 12.3. The Morgan fingerprint density at radius 3 is 2.75 bits per heavy atom. The van der Waals surface area contributed by atoms with Crippen LogP contribution in [-0.4, -0.2) is 32.9 Å². The maximum atomic E-state index is 10.5. The van der Waals surface area contributed by atoms with Crippen LogP contribution >= 0.6 is 0 Å². The van der Waals surface area contributed by atoms with E-state index in [0.29, 0.717) is 5.57 Å². The van der Waals surface area contributed by atoms with Crippen molar-refractivity contribution in [2.45, 2.75) is 24.6 Å². The van der Waals surface area contributed by atoms with Gasteiger partial charge in [-0.25, -0.2) is 0 Å². The molecule has 0 aliphatic heterocycles. The second-order valence-corrected chi connectivity index (χ2v) is 3.60. The second-order valence-electron chi connectivity index (χ2n) is 3.60. The van der Waals surface area contributed by atoms with Gasteiger partial charge in [-0.3, -0.25) is 14.9 Å². The Morgan fingerprint density at radius 2 is 2.38 bits per heavy atom. The number of hydrogen-bond acceptors (Lipinski definition) is 5. The molecule has 88 valence electrons. The lowest BCUT2D eigenvalue weighted by Gasteiger charge is -2.18. The number of hydrogen-bond donors (Lipinski definition) is 3. The number of rotatable bonds is 4. The van der Waals surface area contributed by atoms with E-state index in [0.717, 1.165) is 6.08 Å². The van der Waals surface area contributed by atoms with Crippen molar-refractivity contribution in [1.82, 2.24) is 0 Å². The molecule has 0 saturated carbocycles. The number of carboxylic acid groups (broad SMARTS) is 1. The van der Waals surface area contributed by atoms with Gasteiger partial charge in [0, 0.05) is 6.08 Å². The zero-order chi connectivity index (χ0) is 12.3. The molecule has 1 aliphatic carbocycles. The molecule has 0 aromatic carbocycles. The van der Waals surface area contributed by atoms with E-state index in [4.69, 9.17) is 10.8 Å². The van der Waals surface area contributed by atoms with Crippen molar-refractivity contribution in [3.05, 3.63) is 33.9 Å². The lowest BCUT2D eigenvalue weighted by molar-refractivity contribution is -0.607. The monoisotopic (exact) mass is 228 g/mol. The fourth-order valence-electron chi connectivity index (χ4n) is 1.29. The van der Waals surface area contributed by atoms with Crippen LogP contribution in [0.1, 0.15) is 12.8 Å². The molecular formula is C9H12N2O5. The average Bonchev–Trinajstić information content (AvgIpc) is 2.21. The van der Waals surface area contributed by atoms with Crippen LogP contribution in [0, 0.1) is 10.1 Å². The quantitative estimate of drug-likeness (QED) is 0.342. The summed E-state index contributed by atoms with van der Waals surface area (Å²) >= 11 is 0. The van der Waals surface area contributed by atoms with Crippen molar-refractivity contribution in [3.63, 3.8) is 0 Å². The first-order chi connectivity index (χ1) is 7.35. The Labute approximate surface area is 91.0 Å². The zero-order valence-corrected chi connectivity index (χ0v) is 8.37. The molecule has 7 heteroatoms. The molecular weight excluding hydrogens is 216 g/mol. The van der Waals surface area contributed by atoms with Crippen LogP contribution in [0.4, 0.5) is 0 Å². The van der Waals surface area contributed by atoms with E-state index in [2.05, 4.69) is 0 Å². The van der Waals surface area contributed by atoms with Crippen molar-refractivity contribution >= 4 is 5.97 Å². The molecule has 4 N–H and O–H groups in total. The number of carbonyl (C=O) groups is 1. The van der Waals surface area contributed by atoms with Gasteiger partial charge < -0.3 is 15.9 Å². The molecule has 0 fully saturated rings. The third kappa shape index (κ3) is 2.65. The Hall–Kier alpha value is -1.73. The number of carboxylic acids is 1. The number of nitrogens with two attached hydrogens (primary N) is 1. The van der Waals surface area contributed by atoms with Gasteiger partial charge in [0.05, 0.1) is 11.3 Å². The maximum absolute atomic E-state index is 10.5. The SMILES string of the molecule is N[C@@H](CC1=CCC(O)([N+](=O)[O-])C=C1)C(=O)O. The first-order valence-electron chi connectivity index (χ1n) is 4.59.